The number of piperidine rings is 1. The van der Waals surface area contributed by atoms with E-state index in [1.165, 1.54) is 0 Å². The Balaban J connectivity index is 2.26. The van der Waals surface area contributed by atoms with E-state index in [1.54, 1.807) is 4.90 Å². The van der Waals surface area contributed by atoms with E-state index in [1.807, 2.05) is 0 Å². The summed E-state index contributed by atoms with van der Waals surface area (Å²) in [5.74, 6) is -1.07. The molecule has 1 rings (SSSR count). The highest BCUT2D eigenvalue weighted by molar-refractivity contribution is 6.76. The van der Waals surface area contributed by atoms with Crippen molar-refractivity contribution in [3.63, 3.8) is 0 Å². The molecule has 104 valence electrons. The lowest BCUT2D eigenvalue weighted by molar-refractivity contribution is -0.143. The van der Waals surface area contributed by atoms with Crippen LogP contribution in [0, 0.1) is 5.92 Å². The standard InChI is InChI=1S/C12H23NO4Si/c1-18(2,3)9-8-17-12(16)13-6-4-10(5-7-13)11(14)15/h10H,4-9H2,1-3H3,(H,14,15). The Kier molecular flexibility index (Phi) is 5.19. The Morgan fingerprint density at radius 3 is 2.28 bits per heavy atom. The van der Waals surface area contributed by atoms with Gasteiger partial charge < -0.3 is 14.7 Å². The highest BCUT2D eigenvalue weighted by atomic mass is 28.3. The molecule has 1 aliphatic heterocycles. The number of carbonyl (C=O) groups excluding carboxylic acids is 1. The van der Waals surface area contributed by atoms with E-state index in [0.29, 0.717) is 32.5 Å². The predicted molar refractivity (Wildman–Crippen MR) is 71.4 cm³/mol. The fourth-order valence-electron chi connectivity index (χ4n) is 1.84. The van der Waals surface area contributed by atoms with Crippen molar-refractivity contribution in [2.75, 3.05) is 19.7 Å². The molecular formula is C12H23NO4Si. The average Bonchev–Trinajstić information content (AvgIpc) is 2.27. The van der Waals surface area contributed by atoms with Gasteiger partial charge in [0.05, 0.1) is 12.5 Å². The second-order valence-corrected chi connectivity index (χ2v) is 11.6. The summed E-state index contributed by atoms with van der Waals surface area (Å²) < 4.78 is 5.23. The molecule has 1 aliphatic rings. The van der Waals surface area contributed by atoms with Crippen molar-refractivity contribution in [2.45, 2.75) is 38.5 Å². The van der Waals surface area contributed by atoms with Crippen LogP contribution in [-0.2, 0) is 9.53 Å². The van der Waals surface area contributed by atoms with Gasteiger partial charge in [-0.25, -0.2) is 4.79 Å². The molecule has 0 aromatic heterocycles. The van der Waals surface area contributed by atoms with Crippen LogP contribution in [0.15, 0.2) is 0 Å². The fourth-order valence-corrected chi connectivity index (χ4v) is 2.56. The molecule has 0 saturated carbocycles. The number of ether oxygens (including phenoxy) is 1. The quantitative estimate of drug-likeness (QED) is 0.798. The molecular weight excluding hydrogens is 250 g/mol. The minimum absolute atomic E-state index is 0.294. The molecule has 0 aromatic carbocycles. The summed E-state index contributed by atoms with van der Waals surface area (Å²) in [5, 5.41) is 8.86. The van der Waals surface area contributed by atoms with E-state index in [2.05, 4.69) is 19.6 Å². The van der Waals surface area contributed by atoms with Gasteiger partial charge in [0.2, 0.25) is 0 Å². The molecule has 18 heavy (non-hydrogen) atoms. The van der Waals surface area contributed by atoms with Crippen LogP contribution in [0.2, 0.25) is 25.7 Å². The van der Waals surface area contributed by atoms with Gasteiger partial charge in [-0.3, -0.25) is 4.79 Å². The molecule has 1 heterocycles. The van der Waals surface area contributed by atoms with Crippen LogP contribution in [0.25, 0.3) is 0 Å². The minimum Gasteiger partial charge on any atom is -0.481 e. The van der Waals surface area contributed by atoms with Crippen LogP contribution in [-0.4, -0.2) is 49.8 Å². The van der Waals surface area contributed by atoms with Crippen molar-refractivity contribution < 1.29 is 19.4 Å². The molecule has 0 bridgehead atoms. The first-order valence-corrected chi connectivity index (χ1v) is 10.1. The summed E-state index contributed by atoms with van der Waals surface area (Å²) in [7, 11) is -1.17. The zero-order valence-electron chi connectivity index (χ0n) is 11.4. The van der Waals surface area contributed by atoms with Gasteiger partial charge >= 0.3 is 12.1 Å². The molecule has 0 atom stereocenters. The van der Waals surface area contributed by atoms with Crippen LogP contribution in [0.3, 0.4) is 0 Å². The smallest absolute Gasteiger partial charge is 0.409 e. The van der Waals surface area contributed by atoms with Crippen LogP contribution >= 0.6 is 0 Å². The highest BCUT2D eigenvalue weighted by Crippen LogP contribution is 2.18. The fraction of sp³-hybridized carbons (Fsp3) is 0.833. The van der Waals surface area contributed by atoms with Crippen molar-refractivity contribution >= 4 is 20.1 Å². The number of likely N-dealkylation sites (tertiary alicyclic amines) is 1. The topological polar surface area (TPSA) is 66.8 Å². The first-order chi connectivity index (χ1) is 8.29. The SMILES string of the molecule is C[Si](C)(C)CCOC(=O)N1CCC(C(=O)O)CC1. The number of amides is 1. The van der Waals surface area contributed by atoms with Gasteiger partial charge in [0.25, 0.3) is 0 Å². The summed E-state index contributed by atoms with van der Waals surface area (Å²) in [6.45, 7) is 8.16. The summed E-state index contributed by atoms with van der Waals surface area (Å²) in [4.78, 5) is 24.1. The maximum Gasteiger partial charge on any atom is 0.409 e. The Labute approximate surface area is 109 Å². The molecule has 0 radical (unpaired) electrons. The highest BCUT2D eigenvalue weighted by Gasteiger charge is 2.27. The molecule has 0 spiro atoms. The monoisotopic (exact) mass is 273 g/mol. The van der Waals surface area contributed by atoms with Gasteiger partial charge in [-0.2, -0.15) is 0 Å². The molecule has 0 unspecified atom stereocenters. The first kappa shape index (κ1) is 15.0. The molecule has 1 amide bonds. The lowest BCUT2D eigenvalue weighted by Crippen LogP contribution is -2.41. The number of hydrogen-bond acceptors (Lipinski definition) is 3. The molecule has 1 saturated heterocycles. The Morgan fingerprint density at radius 2 is 1.83 bits per heavy atom. The van der Waals surface area contributed by atoms with E-state index in [4.69, 9.17) is 9.84 Å². The van der Waals surface area contributed by atoms with Crippen molar-refractivity contribution in [1.29, 1.82) is 0 Å². The Morgan fingerprint density at radius 1 is 1.28 bits per heavy atom. The van der Waals surface area contributed by atoms with Gasteiger partial charge in [-0.1, -0.05) is 19.6 Å². The maximum atomic E-state index is 11.7. The lowest BCUT2D eigenvalue weighted by Gasteiger charge is -2.29. The number of rotatable bonds is 4. The summed E-state index contributed by atoms with van der Waals surface area (Å²) >= 11 is 0. The van der Waals surface area contributed by atoms with Gasteiger partial charge in [-0.05, 0) is 18.9 Å². The number of aliphatic carboxylic acids is 1. The molecule has 0 aromatic rings. The van der Waals surface area contributed by atoms with Gasteiger partial charge in [0.15, 0.2) is 0 Å². The van der Waals surface area contributed by atoms with Crippen LogP contribution in [0.4, 0.5) is 4.79 Å². The molecule has 1 fully saturated rings. The van der Waals surface area contributed by atoms with Gasteiger partial charge in [-0.15, -0.1) is 0 Å². The lowest BCUT2D eigenvalue weighted by atomic mass is 9.97. The molecule has 6 heteroatoms. The van der Waals surface area contributed by atoms with Crippen molar-refractivity contribution in [3.8, 4) is 0 Å². The normalized spacial score (nSPS) is 17.6. The summed E-state index contributed by atoms with van der Waals surface area (Å²) in [6, 6.07) is 0.963. The molecule has 5 nitrogen and oxygen atoms in total. The van der Waals surface area contributed by atoms with Gasteiger partial charge in [0, 0.05) is 21.2 Å². The second-order valence-electron chi connectivity index (χ2n) is 6.02. The average molecular weight is 273 g/mol. The number of hydrogen-bond donors (Lipinski definition) is 1. The Hall–Kier alpha value is -1.04. The van der Waals surface area contributed by atoms with E-state index in [-0.39, 0.29) is 12.0 Å². The first-order valence-electron chi connectivity index (χ1n) is 6.44. The molecule has 1 N–H and O–H groups in total. The van der Waals surface area contributed by atoms with E-state index < -0.39 is 14.0 Å². The van der Waals surface area contributed by atoms with E-state index in [0.717, 1.165) is 6.04 Å². The van der Waals surface area contributed by atoms with Crippen molar-refractivity contribution in [3.05, 3.63) is 0 Å². The van der Waals surface area contributed by atoms with Crippen LogP contribution in [0.5, 0.6) is 0 Å². The third-order valence-electron chi connectivity index (χ3n) is 3.18. The second kappa shape index (κ2) is 6.22. The maximum absolute atomic E-state index is 11.7. The number of carbonyl (C=O) groups is 2. The zero-order valence-corrected chi connectivity index (χ0v) is 12.4. The van der Waals surface area contributed by atoms with Crippen molar-refractivity contribution in [1.82, 2.24) is 4.90 Å². The summed E-state index contributed by atoms with van der Waals surface area (Å²) in [6.07, 6.45) is 0.758. The zero-order chi connectivity index (χ0) is 13.8. The summed E-state index contributed by atoms with van der Waals surface area (Å²) in [5.41, 5.74) is 0. The number of nitrogens with zero attached hydrogens (tertiary/aromatic N) is 1. The minimum atomic E-state index is -1.17. The third kappa shape index (κ3) is 5.08. The van der Waals surface area contributed by atoms with E-state index in [9.17, 15) is 9.59 Å². The Bertz CT molecular complexity index is 306. The van der Waals surface area contributed by atoms with Crippen molar-refractivity contribution in [2.24, 2.45) is 5.92 Å². The largest absolute Gasteiger partial charge is 0.481 e. The number of carboxylic acid groups (broad SMARTS) is 1. The number of carboxylic acids is 1. The van der Waals surface area contributed by atoms with Crippen LogP contribution < -0.4 is 0 Å². The predicted octanol–water partition coefficient (Wildman–Crippen LogP) is 2.26. The van der Waals surface area contributed by atoms with Crippen LogP contribution in [0.1, 0.15) is 12.8 Å². The van der Waals surface area contributed by atoms with Gasteiger partial charge in [0.1, 0.15) is 0 Å². The van der Waals surface area contributed by atoms with E-state index >= 15 is 0 Å². The third-order valence-corrected chi connectivity index (χ3v) is 4.88. The molecule has 0 aliphatic carbocycles.